The Bertz CT molecular complexity index is 915. The van der Waals surface area contributed by atoms with Gasteiger partial charge < -0.3 is 9.15 Å². The van der Waals surface area contributed by atoms with Crippen molar-refractivity contribution >= 4 is 23.0 Å². The lowest BCUT2D eigenvalue weighted by atomic mass is 10.2. The number of hydrogen-bond donors (Lipinski definition) is 0. The van der Waals surface area contributed by atoms with E-state index in [1.54, 1.807) is 6.08 Å². The Kier molecular flexibility index (Phi) is 4.78. The summed E-state index contributed by atoms with van der Waals surface area (Å²) in [4.78, 5) is 4.33. The zero-order valence-electron chi connectivity index (χ0n) is 13.4. The molecule has 120 valence electrons. The molecule has 0 spiro atoms. The summed E-state index contributed by atoms with van der Waals surface area (Å²) in [6, 6.07) is 13.7. The fourth-order valence-electron chi connectivity index (χ4n) is 2.18. The van der Waals surface area contributed by atoms with Crippen LogP contribution < -0.4 is 4.74 Å². The van der Waals surface area contributed by atoms with Crippen molar-refractivity contribution in [2.45, 2.75) is 20.5 Å². The van der Waals surface area contributed by atoms with Gasteiger partial charge in [-0.25, -0.2) is 4.98 Å². The van der Waals surface area contributed by atoms with Gasteiger partial charge in [-0.2, -0.15) is 5.26 Å². The number of nitrogens with zero attached hydrogens (tertiary/aromatic N) is 2. The maximum atomic E-state index is 9.32. The molecule has 0 fully saturated rings. The molecule has 0 amide bonds. The molecule has 4 nitrogen and oxygen atoms in total. The van der Waals surface area contributed by atoms with Gasteiger partial charge in [0.2, 0.25) is 0 Å². The van der Waals surface area contributed by atoms with Gasteiger partial charge in [-0.1, -0.05) is 18.2 Å². The lowest BCUT2D eigenvalue weighted by molar-refractivity contribution is 0.268. The van der Waals surface area contributed by atoms with E-state index in [4.69, 9.17) is 9.15 Å². The number of benzene rings is 1. The van der Waals surface area contributed by atoms with Crippen LogP contribution in [0.5, 0.6) is 5.75 Å². The van der Waals surface area contributed by atoms with Crippen molar-refractivity contribution in [1.82, 2.24) is 4.98 Å². The van der Waals surface area contributed by atoms with Crippen LogP contribution in [0, 0.1) is 25.2 Å². The molecular formula is C19H16N2O2S. The van der Waals surface area contributed by atoms with Crippen LogP contribution in [-0.4, -0.2) is 4.98 Å². The van der Waals surface area contributed by atoms with E-state index in [0.717, 1.165) is 17.0 Å². The molecule has 0 aliphatic carbocycles. The average molecular weight is 336 g/mol. The molecule has 0 saturated heterocycles. The summed E-state index contributed by atoms with van der Waals surface area (Å²) in [6.07, 6.45) is 1.70. The summed E-state index contributed by atoms with van der Waals surface area (Å²) in [6.45, 7) is 4.25. The molecule has 1 aromatic carbocycles. The number of furan rings is 1. The molecule has 3 rings (SSSR count). The molecule has 2 heterocycles. The number of hydrogen-bond acceptors (Lipinski definition) is 5. The Balaban J connectivity index is 1.72. The summed E-state index contributed by atoms with van der Waals surface area (Å²) >= 11 is 1.45. The lowest BCUT2D eigenvalue weighted by Gasteiger charge is -2.06. The maximum Gasteiger partial charge on any atom is 0.146 e. The predicted molar refractivity (Wildman–Crippen MR) is 94.6 cm³/mol. The molecular weight excluding hydrogens is 320 g/mol. The summed E-state index contributed by atoms with van der Waals surface area (Å²) in [5.41, 5.74) is 2.48. The van der Waals surface area contributed by atoms with Crippen LogP contribution in [-0.2, 0) is 6.61 Å². The van der Waals surface area contributed by atoms with E-state index in [1.165, 1.54) is 11.3 Å². The monoisotopic (exact) mass is 336 g/mol. The normalized spacial score (nSPS) is 11.3. The summed E-state index contributed by atoms with van der Waals surface area (Å²) in [5.74, 6) is 2.15. The second-order valence-electron chi connectivity index (χ2n) is 5.32. The minimum Gasteiger partial charge on any atom is -0.485 e. The van der Waals surface area contributed by atoms with E-state index in [9.17, 15) is 5.26 Å². The number of thiazole rings is 1. The number of allylic oxidation sites excluding steroid dienone is 1. The second-order valence-corrected chi connectivity index (χ2v) is 6.18. The molecule has 0 bridgehead atoms. The number of nitriles is 1. The Morgan fingerprint density at radius 3 is 2.83 bits per heavy atom. The van der Waals surface area contributed by atoms with Crippen LogP contribution in [0.25, 0.3) is 11.6 Å². The molecule has 0 atom stereocenters. The van der Waals surface area contributed by atoms with E-state index >= 15 is 0 Å². The number of aryl methyl sites for hydroxylation is 2. The van der Waals surface area contributed by atoms with Crippen molar-refractivity contribution < 1.29 is 9.15 Å². The third kappa shape index (κ3) is 3.73. The number of aromatic nitrogens is 1. The van der Waals surface area contributed by atoms with Crippen LogP contribution in [0.4, 0.5) is 0 Å². The van der Waals surface area contributed by atoms with E-state index in [1.807, 2.05) is 55.6 Å². The summed E-state index contributed by atoms with van der Waals surface area (Å²) < 4.78 is 11.5. The van der Waals surface area contributed by atoms with Gasteiger partial charge in [0.05, 0.1) is 5.57 Å². The highest BCUT2D eigenvalue weighted by Crippen LogP contribution is 2.23. The van der Waals surface area contributed by atoms with Crippen molar-refractivity contribution in [2.24, 2.45) is 0 Å². The molecule has 24 heavy (non-hydrogen) atoms. The van der Waals surface area contributed by atoms with Crippen LogP contribution in [0.2, 0.25) is 0 Å². The lowest BCUT2D eigenvalue weighted by Crippen LogP contribution is -1.95. The van der Waals surface area contributed by atoms with Crippen LogP contribution in [0.3, 0.4) is 0 Å². The molecule has 2 aromatic heterocycles. The summed E-state index contributed by atoms with van der Waals surface area (Å²) in [5, 5.41) is 11.9. The van der Waals surface area contributed by atoms with Gasteiger partial charge in [-0.3, -0.25) is 0 Å². The van der Waals surface area contributed by atoms with Crippen LogP contribution in [0.1, 0.15) is 27.8 Å². The van der Waals surface area contributed by atoms with E-state index in [-0.39, 0.29) is 0 Å². The van der Waals surface area contributed by atoms with Gasteiger partial charge in [-0.05, 0) is 37.6 Å². The third-order valence-electron chi connectivity index (χ3n) is 3.40. The van der Waals surface area contributed by atoms with Crippen molar-refractivity contribution in [3.63, 3.8) is 0 Å². The molecule has 3 aromatic rings. The van der Waals surface area contributed by atoms with E-state index in [0.29, 0.717) is 28.7 Å². The Hall–Kier alpha value is -2.84. The Labute approximate surface area is 144 Å². The van der Waals surface area contributed by atoms with Crippen molar-refractivity contribution in [3.8, 4) is 11.8 Å². The van der Waals surface area contributed by atoms with Crippen LogP contribution in [0.15, 0.2) is 46.2 Å². The summed E-state index contributed by atoms with van der Waals surface area (Å²) in [7, 11) is 0. The molecule has 0 unspecified atom stereocenters. The average Bonchev–Trinajstić information content (AvgIpc) is 3.21. The first-order chi connectivity index (χ1) is 11.7. The number of ether oxygens (including phenoxy) is 1. The van der Waals surface area contributed by atoms with Crippen molar-refractivity contribution in [3.05, 3.63) is 69.6 Å². The van der Waals surface area contributed by atoms with Crippen molar-refractivity contribution in [2.75, 3.05) is 0 Å². The minimum absolute atomic E-state index is 0.344. The van der Waals surface area contributed by atoms with E-state index in [2.05, 4.69) is 11.1 Å². The van der Waals surface area contributed by atoms with Gasteiger partial charge in [0, 0.05) is 17.2 Å². The third-order valence-corrected chi connectivity index (χ3v) is 4.40. The fourth-order valence-corrected chi connectivity index (χ4v) is 2.94. The molecule has 0 aliphatic heterocycles. The number of para-hydroxylation sites is 1. The highest BCUT2D eigenvalue weighted by Gasteiger charge is 2.08. The molecule has 0 radical (unpaired) electrons. The predicted octanol–water partition coefficient (Wildman–Crippen LogP) is 5.00. The quantitative estimate of drug-likeness (QED) is 0.615. The van der Waals surface area contributed by atoms with Gasteiger partial charge in [-0.15, -0.1) is 11.3 Å². The first-order valence-corrected chi connectivity index (χ1v) is 8.35. The van der Waals surface area contributed by atoms with Gasteiger partial charge in [0.15, 0.2) is 0 Å². The second kappa shape index (κ2) is 7.16. The van der Waals surface area contributed by atoms with E-state index < -0.39 is 0 Å². The SMILES string of the molecule is Cc1csc(C(C#N)=Cc2ccc(COc3ccccc3C)o2)n1. The standard InChI is InChI=1S/C19H16N2O2S/c1-13-5-3-4-6-18(13)22-11-17-8-7-16(23-17)9-15(10-20)19-21-14(2)12-24-19/h3-9,12H,11H2,1-2H3. The highest BCUT2D eigenvalue weighted by molar-refractivity contribution is 7.11. The molecule has 0 N–H and O–H groups in total. The fraction of sp³-hybridized carbons (Fsp3) is 0.158. The van der Waals surface area contributed by atoms with Crippen molar-refractivity contribution in [1.29, 1.82) is 5.26 Å². The topological polar surface area (TPSA) is 59.0 Å². The molecule has 0 saturated carbocycles. The van der Waals surface area contributed by atoms with Gasteiger partial charge >= 0.3 is 0 Å². The highest BCUT2D eigenvalue weighted by atomic mass is 32.1. The molecule has 0 aliphatic rings. The van der Waals surface area contributed by atoms with Gasteiger partial charge in [0.1, 0.15) is 35.0 Å². The number of rotatable bonds is 5. The maximum absolute atomic E-state index is 9.32. The van der Waals surface area contributed by atoms with Gasteiger partial charge in [0.25, 0.3) is 0 Å². The largest absolute Gasteiger partial charge is 0.485 e. The smallest absolute Gasteiger partial charge is 0.146 e. The Morgan fingerprint density at radius 1 is 1.29 bits per heavy atom. The first kappa shape index (κ1) is 16.0. The van der Waals surface area contributed by atoms with Crippen LogP contribution >= 0.6 is 11.3 Å². The minimum atomic E-state index is 0.344. The zero-order chi connectivity index (χ0) is 16.9. The first-order valence-electron chi connectivity index (χ1n) is 7.47. The Morgan fingerprint density at radius 2 is 2.12 bits per heavy atom. The molecule has 5 heteroatoms. The zero-order valence-corrected chi connectivity index (χ0v) is 14.3.